The normalized spacial score (nSPS) is 16.6. The monoisotopic (exact) mass is 411 g/mol. The molecule has 0 bridgehead atoms. The lowest BCUT2D eigenvalue weighted by Crippen LogP contribution is -2.37. The van der Waals surface area contributed by atoms with E-state index < -0.39 is 0 Å². The van der Waals surface area contributed by atoms with Gasteiger partial charge in [0.25, 0.3) is 5.91 Å². The average Bonchev–Trinajstić information content (AvgIpc) is 3.42. The van der Waals surface area contributed by atoms with Gasteiger partial charge in [0.15, 0.2) is 0 Å². The van der Waals surface area contributed by atoms with E-state index in [1.54, 1.807) is 0 Å². The van der Waals surface area contributed by atoms with Crippen LogP contribution in [-0.4, -0.2) is 44.9 Å². The fourth-order valence-electron chi connectivity index (χ4n) is 4.17. The molecule has 4 aromatic rings. The van der Waals surface area contributed by atoms with Gasteiger partial charge in [-0.1, -0.05) is 59.8 Å². The van der Waals surface area contributed by atoms with E-state index in [0.717, 1.165) is 42.7 Å². The zero-order chi connectivity index (χ0) is 21.0. The van der Waals surface area contributed by atoms with E-state index in [4.69, 9.17) is 0 Å². The van der Waals surface area contributed by atoms with Crippen LogP contribution in [0.2, 0.25) is 0 Å². The number of para-hydroxylation sites is 1. The van der Waals surface area contributed by atoms with E-state index in [0.29, 0.717) is 12.1 Å². The highest BCUT2D eigenvalue weighted by Crippen LogP contribution is 2.15. The number of rotatable bonds is 6. The maximum Gasteiger partial charge on any atom is 0.251 e. The third kappa shape index (κ3) is 4.49. The minimum absolute atomic E-state index is 0.00989. The molecule has 0 radical (unpaired) electrons. The Morgan fingerprint density at radius 1 is 0.903 bits per heavy atom. The van der Waals surface area contributed by atoms with Crippen molar-refractivity contribution in [2.24, 2.45) is 0 Å². The van der Waals surface area contributed by atoms with Crippen LogP contribution in [0.15, 0.2) is 78.9 Å². The van der Waals surface area contributed by atoms with Crippen molar-refractivity contribution in [2.45, 2.75) is 25.6 Å². The molecule has 6 nitrogen and oxygen atoms in total. The molecular weight excluding hydrogens is 386 g/mol. The molecule has 0 spiro atoms. The van der Waals surface area contributed by atoms with Crippen molar-refractivity contribution in [3.05, 3.63) is 95.6 Å². The number of carbonyl (C=O) groups is 1. The molecule has 3 aromatic carbocycles. The topological polar surface area (TPSA) is 63.1 Å². The van der Waals surface area contributed by atoms with Crippen molar-refractivity contribution in [1.82, 2.24) is 25.2 Å². The summed E-state index contributed by atoms with van der Waals surface area (Å²) in [6, 6.07) is 26.3. The number of benzene rings is 3. The van der Waals surface area contributed by atoms with Crippen LogP contribution in [-0.2, 0) is 13.1 Å². The molecule has 1 amide bonds. The van der Waals surface area contributed by atoms with Gasteiger partial charge in [-0.15, -0.1) is 5.10 Å². The number of nitrogens with zero attached hydrogens (tertiary/aromatic N) is 4. The van der Waals surface area contributed by atoms with E-state index in [2.05, 4.69) is 44.8 Å². The summed E-state index contributed by atoms with van der Waals surface area (Å²) in [7, 11) is 0. The van der Waals surface area contributed by atoms with E-state index in [1.807, 2.05) is 59.3 Å². The lowest BCUT2D eigenvalue weighted by molar-refractivity contribution is 0.0937. The Morgan fingerprint density at radius 2 is 1.65 bits per heavy atom. The molecule has 156 valence electrons. The molecule has 1 fully saturated rings. The number of aromatic nitrogens is 3. The van der Waals surface area contributed by atoms with Gasteiger partial charge in [-0.3, -0.25) is 9.69 Å². The van der Waals surface area contributed by atoms with Gasteiger partial charge in [-0.25, -0.2) is 4.68 Å². The Morgan fingerprint density at radius 3 is 2.48 bits per heavy atom. The van der Waals surface area contributed by atoms with E-state index in [-0.39, 0.29) is 11.9 Å². The zero-order valence-corrected chi connectivity index (χ0v) is 17.3. The second kappa shape index (κ2) is 8.70. The fraction of sp³-hybridized carbons (Fsp3) is 0.240. The van der Waals surface area contributed by atoms with Gasteiger partial charge in [0.05, 0.1) is 12.1 Å². The van der Waals surface area contributed by atoms with Crippen molar-refractivity contribution in [2.75, 3.05) is 13.1 Å². The second-order valence-corrected chi connectivity index (χ2v) is 8.11. The predicted molar refractivity (Wildman–Crippen MR) is 121 cm³/mol. The zero-order valence-electron chi connectivity index (χ0n) is 17.3. The minimum Gasteiger partial charge on any atom is -0.348 e. The van der Waals surface area contributed by atoms with Crippen molar-refractivity contribution in [3.8, 4) is 0 Å². The first-order valence-corrected chi connectivity index (χ1v) is 10.7. The van der Waals surface area contributed by atoms with Gasteiger partial charge in [0.1, 0.15) is 5.52 Å². The molecule has 31 heavy (non-hydrogen) atoms. The molecule has 0 aliphatic carbocycles. The van der Waals surface area contributed by atoms with Gasteiger partial charge in [-0.2, -0.15) is 0 Å². The lowest BCUT2D eigenvalue weighted by atomic mass is 10.1. The summed E-state index contributed by atoms with van der Waals surface area (Å²) in [6.07, 6.45) is 0.982. The van der Waals surface area contributed by atoms with Crippen LogP contribution >= 0.6 is 0 Å². The summed E-state index contributed by atoms with van der Waals surface area (Å²) in [5, 5.41) is 11.6. The summed E-state index contributed by atoms with van der Waals surface area (Å²) < 4.78 is 1.88. The van der Waals surface area contributed by atoms with Crippen LogP contribution in [0, 0.1) is 0 Å². The first kappa shape index (κ1) is 19.5. The third-order valence-electron chi connectivity index (χ3n) is 5.83. The number of hydrogen-bond donors (Lipinski definition) is 1. The van der Waals surface area contributed by atoms with Crippen molar-refractivity contribution >= 4 is 16.9 Å². The van der Waals surface area contributed by atoms with Crippen LogP contribution in [0.5, 0.6) is 0 Å². The molecule has 0 saturated carbocycles. The van der Waals surface area contributed by atoms with E-state index >= 15 is 0 Å². The Labute approximate surface area is 181 Å². The molecule has 1 aliphatic heterocycles. The Balaban J connectivity index is 1.17. The third-order valence-corrected chi connectivity index (χ3v) is 5.83. The highest BCUT2D eigenvalue weighted by Gasteiger charge is 2.24. The summed E-state index contributed by atoms with van der Waals surface area (Å²) in [6.45, 7) is 3.45. The molecule has 0 unspecified atom stereocenters. The molecule has 2 heterocycles. The number of fused-ring (bicyclic) bond motifs is 1. The minimum atomic E-state index is -0.00989. The summed E-state index contributed by atoms with van der Waals surface area (Å²) in [5.74, 6) is -0.00989. The highest BCUT2D eigenvalue weighted by molar-refractivity contribution is 5.94. The van der Waals surface area contributed by atoms with E-state index in [9.17, 15) is 4.79 Å². The van der Waals surface area contributed by atoms with Gasteiger partial charge in [-0.05, 0) is 41.8 Å². The molecule has 5 rings (SSSR count). The van der Waals surface area contributed by atoms with Crippen LogP contribution in [0.1, 0.15) is 27.9 Å². The quantitative estimate of drug-likeness (QED) is 0.528. The second-order valence-electron chi connectivity index (χ2n) is 8.11. The number of nitrogens with one attached hydrogen (secondary N) is 1. The first-order chi connectivity index (χ1) is 15.2. The molecular formula is C25H25N5O. The first-order valence-electron chi connectivity index (χ1n) is 10.7. The van der Waals surface area contributed by atoms with Gasteiger partial charge < -0.3 is 5.32 Å². The standard InChI is InChI=1S/C25H25N5O/c31-25(26-22-14-15-29(18-22)16-19-6-2-1-3-7-19)21-12-10-20(11-13-21)17-30-24-9-5-4-8-23(24)27-28-30/h1-13,22H,14-18H2,(H,26,31)/t22-/m1/s1. The maximum atomic E-state index is 12.7. The fourth-order valence-corrected chi connectivity index (χ4v) is 4.17. The Kier molecular flexibility index (Phi) is 5.46. The van der Waals surface area contributed by atoms with Crippen LogP contribution in [0.4, 0.5) is 0 Å². The molecule has 1 saturated heterocycles. The number of likely N-dealkylation sites (tertiary alicyclic amines) is 1. The summed E-state index contributed by atoms with van der Waals surface area (Å²) in [4.78, 5) is 15.1. The van der Waals surface area contributed by atoms with Gasteiger partial charge >= 0.3 is 0 Å². The highest BCUT2D eigenvalue weighted by atomic mass is 16.1. The van der Waals surface area contributed by atoms with Crippen LogP contribution in [0.25, 0.3) is 11.0 Å². The SMILES string of the molecule is O=C(N[C@@H]1CCN(Cc2ccccc2)C1)c1ccc(Cn2nnc3ccccc32)cc1. The van der Waals surface area contributed by atoms with E-state index in [1.165, 1.54) is 5.56 Å². The molecule has 1 aliphatic rings. The lowest BCUT2D eigenvalue weighted by Gasteiger charge is -2.17. The molecule has 6 heteroatoms. The number of hydrogen-bond acceptors (Lipinski definition) is 4. The molecule has 1 N–H and O–H groups in total. The number of amides is 1. The number of carbonyl (C=O) groups excluding carboxylic acids is 1. The Hall–Kier alpha value is -3.51. The van der Waals surface area contributed by atoms with Crippen LogP contribution in [0.3, 0.4) is 0 Å². The largest absolute Gasteiger partial charge is 0.348 e. The Bertz CT molecular complexity index is 1170. The summed E-state index contributed by atoms with van der Waals surface area (Å²) >= 11 is 0. The van der Waals surface area contributed by atoms with Gasteiger partial charge in [0.2, 0.25) is 0 Å². The smallest absolute Gasteiger partial charge is 0.251 e. The van der Waals surface area contributed by atoms with Crippen molar-refractivity contribution < 1.29 is 4.79 Å². The van der Waals surface area contributed by atoms with Gasteiger partial charge in [0, 0.05) is 31.2 Å². The average molecular weight is 412 g/mol. The van der Waals surface area contributed by atoms with Crippen molar-refractivity contribution in [1.29, 1.82) is 0 Å². The molecule has 1 atom stereocenters. The van der Waals surface area contributed by atoms with Crippen LogP contribution < -0.4 is 5.32 Å². The molecule has 1 aromatic heterocycles. The van der Waals surface area contributed by atoms with Crippen molar-refractivity contribution in [3.63, 3.8) is 0 Å². The summed E-state index contributed by atoms with van der Waals surface area (Å²) in [5.41, 5.74) is 4.98. The predicted octanol–water partition coefficient (Wildman–Crippen LogP) is 3.48. The maximum absolute atomic E-state index is 12.7.